The lowest BCUT2D eigenvalue weighted by Crippen LogP contribution is -2.25. The first-order valence-corrected chi connectivity index (χ1v) is 10.3. The summed E-state index contributed by atoms with van der Waals surface area (Å²) in [6, 6.07) is 25.9. The minimum atomic E-state index is -0.155. The highest BCUT2D eigenvalue weighted by molar-refractivity contribution is 6.49. The van der Waals surface area contributed by atoms with Crippen LogP contribution in [0, 0.1) is 0 Å². The first kappa shape index (κ1) is 19.1. The zero-order chi connectivity index (χ0) is 20.1. The van der Waals surface area contributed by atoms with Crippen molar-refractivity contribution >= 4 is 17.3 Å². The lowest BCUT2D eigenvalue weighted by molar-refractivity contribution is -0.110. The maximum atomic E-state index is 13.3. The van der Waals surface area contributed by atoms with E-state index in [0.717, 1.165) is 29.7 Å². The molecule has 4 rings (SSSR count). The van der Waals surface area contributed by atoms with Gasteiger partial charge in [0.2, 0.25) is 0 Å². The van der Waals surface area contributed by atoms with E-state index in [1.54, 1.807) is 0 Å². The predicted octanol–water partition coefficient (Wildman–Crippen LogP) is 5.75. The summed E-state index contributed by atoms with van der Waals surface area (Å²) < 4.78 is 0. The first-order chi connectivity index (χ1) is 14.2. The summed E-state index contributed by atoms with van der Waals surface area (Å²) in [6.45, 7) is 2.02. The Morgan fingerprint density at radius 1 is 0.862 bits per heavy atom. The fourth-order valence-electron chi connectivity index (χ4n) is 3.94. The maximum absolute atomic E-state index is 13.3. The molecule has 0 fully saturated rings. The number of anilines is 1. The van der Waals surface area contributed by atoms with Crippen LogP contribution >= 0.6 is 0 Å². The number of benzene rings is 3. The number of aryl methyl sites for hydroxylation is 1. The van der Waals surface area contributed by atoms with Gasteiger partial charge in [-0.25, -0.2) is 0 Å². The molecule has 3 nitrogen and oxygen atoms in total. The number of carbonyl (C=O) groups excluding carboxylic acids is 1. The molecule has 146 valence electrons. The van der Waals surface area contributed by atoms with Crippen LogP contribution in [0.25, 0.3) is 0 Å². The second kappa shape index (κ2) is 8.87. The summed E-state index contributed by atoms with van der Waals surface area (Å²) in [7, 11) is 0. The molecule has 0 aromatic heterocycles. The molecule has 3 aromatic rings. The molecule has 0 heterocycles. The van der Waals surface area contributed by atoms with Gasteiger partial charge in [-0.2, -0.15) is 0 Å². The number of amides is 1. The van der Waals surface area contributed by atoms with Crippen molar-refractivity contribution in [3.63, 3.8) is 0 Å². The highest BCUT2D eigenvalue weighted by Gasteiger charge is 2.19. The molecular formula is C26H26N2O. The molecule has 0 aliphatic heterocycles. The molecule has 1 atom stereocenters. The molecule has 3 heteroatoms. The summed E-state index contributed by atoms with van der Waals surface area (Å²) in [6.07, 6.45) is 4.49. The highest BCUT2D eigenvalue weighted by atomic mass is 16.1. The van der Waals surface area contributed by atoms with E-state index < -0.39 is 0 Å². The van der Waals surface area contributed by atoms with Crippen LogP contribution < -0.4 is 5.32 Å². The summed E-state index contributed by atoms with van der Waals surface area (Å²) in [4.78, 5) is 18.2. The van der Waals surface area contributed by atoms with E-state index in [9.17, 15) is 4.79 Å². The number of hydrogen-bond acceptors (Lipinski definition) is 2. The average molecular weight is 383 g/mol. The molecule has 1 N–H and O–H groups in total. The number of hydrogen-bond donors (Lipinski definition) is 1. The second-order valence-electron chi connectivity index (χ2n) is 7.53. The molecule has 1 amide bonds. The van der Waals surface area contributed by atoms with Crippen LogP contribution in [0.15, 0.2) is 83.9 Å². The third-order valence-corrected chi connectivity index (χ3v) is 5.51. The molecular weight excluding hydrogens is 356 g/mol. The molecule has 0 bridgehead atoms. The van der Waals surface area contributed by atoms with Gasteiger partial charge in [0.15, 0.2) is 0 Å². The van der Waals surface area contributed by atoms with Crippen LogP contribution in [0.2, 0.25) is 0 Å². The quantitative estimate of drug-likeness (QED) is 0.561. The summed E-state index contributed by atoms with van der Waals surface area (Å²) in [5.74, 6) is -0.155. The zero-order valence-electron chi connectivity index (χ0n) is 16.8. The van der Waals surface area contributed by atoms with Gasteiger partial charge in [-0.1, -0.05) is 72.8 Å². The Morgan fingerprint density at radius 3 is 2.31 bits per heavy atom. The highest BCUT2D eigenvalue weighted by Crippen LogP contribution is 2.28. The number of nitrogens with zero attached hydrogens (tertiary/aromatic N) is 1. The van der Waals surface area contributed by atoms with Crippen LogP contribution in [-0.2, 0) is 17.6 Å². The predicted molar refractivity (Wildman–Crippen MR) is 120 cm³/mol. The van der Waals surface area contributed by atoms with Crippen LogP contribution in [0.1, 0.15) is 48.1 Å². The lowest BCUT2D eigenvalue weighted by atomic mass is 9.90. The molecule has 0 unspecified atom stereocenters. The fourth-order valence-corrected chi connectivity index (χ4v) is 3.94. The zero-order valence-corrected chi connectivity index (χ0v) is 16.8. The Kier molecular flexibility index (Phi) is 5.85. The van der Waals surface area contributed by atoms with Gasteiger partial charge in [-0.15, -0.1) is 0 Å². The summed E-state index contributed by atoms with van der Waals surface area (Å²) >= 11 is 0. The van der Waals surface area contributed by atoms with Crippen molar-refractivity contribution in [2.75, 3.05) is 5.32 Å². The number of fused-ring (bicyclic) bond motifs is 1. The smallest absolute Gasteiger partial charge is 0.274 e. The average Bonchev–Trinajstić information content (AvgIpc) is 2.78. The summed E-state index contributed by atoms with van der Waals surface area (Å²) in [5.41, 5.74) is 5.93. The van der Waals surface area contributed by atoms with E-state index in [2.05, 4.69) is 11.4 Å². The second-order valence-corrected chi connectivity index (χ2v) is 7.53. The van der Waals surface area contributed by atoms with E-state index in [0.29, 0.717) is 5.71 Å². The largest absolute Gasteiger partial charge is 0.320 e. The number of rotatable bonds is 5. The van der Waals surface area contributed by atoms with E-state index in [-0.39, 0.29) is 11.9 Å². The molecule has 1 aliphatic rings. The fraction of sp³-hybridized carbons (Fsp3) is 0.231. The van der Waals surface area contributed by atoms with E-state index in [4.69, 9.17) is 4.99 Å². The van der Waals surface area contributed by atoms with Gasteiger partial charge >= 0.3 is 0 Å². The molecule has 0 radical (unpaired) electrons. The Morgan fingerprint density at radius 2 is 1.55 bits per heavy atom. The summed E-state index contributed by atoms with van der Waals surface area (Å²) in [5, 5.41) is 3.16. The first-order valence-electron chi connectivity index (χ1n) is 10.3. The van der Waals surface area contributed by atoms with Crippen molar-refractivity contribution in [3.05, 3.63) is 101 Å². The van der Waals surface area contributed by atoms with E-state index >= 15 is 0 Å². The standard InChI is InChI=1S/C26H26N2O/c1-19(20-11-4-2-5-12-20)27-25(22-14-6-3-7-15-22)26(29)28-24-18-10-16-21-13-8-9-17-23(21)24/h2-7,10-12,14-16,18-19H,8-9,13,17H2,1H3,(H,28,29)/t19-/m0/s1. The van der Waals surface area contributed by atoms with Crippen molar-refractivity contribution in [2.45, 2.75) is 38.6 Å². The minimum absolute atomic E-state index is 0.109. The third-order valence-electron chi connectivity index (χ3n) is 5.51. The van der Waals surface area contributed by atoms with Crippen molar-refractivity contribution in [2.24, 2.45) is 4.99 Å². The van der Waals surface area contributed by atoms with Crippen LogP contribution in [0.5, 0.6) is 0 Å². The number of carbonyl (C=O) groups is 1. The van der Waals surface area contributed by atoms with Crippen LogP contribution in [0.3, 0.4) is 0 Å². The van der Waals surface area contributed by atoms with Crippen molar-refractivity contribution < 1.29 is 4.79 Å². The van der Waals surface area contributed by atoms with Gasteiger partial charge in [-0.05, 0) is 55.4 Å². The molecule has 0 spiro atoms. The Labute approximate surface area is 172 Å². The molecule has 29 heavy (non-hydrogen) atoms. The Hall–Kier alpha value is -3.20. The molecule has 3 aromatic carbocycles. The maximum Gasteiger partial charge on any atom is 0.274 e. The van der Waals surface area contributed by atoms with Gasteiger partial charge in [0, 0.05) is 11.3 Å². The van der Waals surface area contributed by atoms with Gasteiger partial charge < -0.3 is 5.32 Å². The number of aliphatic imine (C=N–C) groups is 1. The lowest BCUT2D eigenvalue weighted by Gasteiger charge is -2.20. The molecule has 0 saturated carbocycles. The SMILES string of the molecule is C[C@H](N=C(C(=O)Nc1cccc2c1CCCC2)c1ccccc1)c1ccccc1. The van der Waals surface area contributed by atoms with Crippen molar-refractivity contribution in [1.29, 1.82) is 0 Å². The number of nitrogens with one attached hydrogen (secondary N) is 1. The molecule has 1 aliphatic carbocycles. The minimum Gasteiger partial charge on any atom is -0.320 e. The van der Waals surface area contributed by atoms with Gasteiger partial charge in [0.1, 0.15) is 5.71 Å². The Bertz CT molecular complexity index is 1010. The topological polar surface area (TPSA) is 41.5 Å². The van der Waals surface area contributed by atoms with Gasteiger partial charge in [0.25, 0.3) is 5.91 Å². The van der Waals surface area contributed by atoms with Crippen molar-refractivity contribution in [1.82, 2.24) is 0 Å². The third kappa shape index (κ3) is 4.45. The molecule has 0 saturated heterocycles. The van der Waals surface area contributed by atoms with E-state index in [1.165, 1.54) is 24.0 Å². The normalized spacial score (nSPS) is 14.7. The van der Waals surface area contributed by atoms with Gasteiger partial charge in [-0.3, -0.25) is 9.79 Å². The van der Waals surface area contributed by atoms with Crippen LogP contribution in [-0.4, -0.2) is 11.6 Å². The van der Waals surface area contributed by atoms with E-state index in [1.807, 2.05) is 79.7 Å². The monoisotopic (exact) mass is 382 g/mol. The van der Waals surface area contributed by atoms with Crippen LogP contribution in [0.4, 0.5) is 5.69 Å². The van der Waals surface area contributed by atoms with Gasteiger partial charge in [0.05, 0.1) is 6.04 Å². The Balaban J connectivity index is 1.67. The van der Waals surface area contributed by atoms with Crippen molar-refractivity contribution in [3.8, 4) is 0 Å².